The van der Waals surface area contributed by atoms with Crippen molar-refractivity contribution in [1.29, 1.82) is 0 Å². The SMILES string of the molecule is CN(Cc1ccc(Cl)cc1)S(=O)(=O)N1CCCC(CN)C1. The molecular weight excluding hydrogens is 310 g/mol. The molecule has 0 amide bonds. The normalized spacial score (nSPS) is 20.9. The summed E-state index contributed by atoms with van der Waals surface area (Å²) in [5, 5.41) is 0.645. The lowest BCUT2D eigenvalue weighted by molar-refractivity contribution is 0.255. The summed E-state index contributed by atoms with van der Waals surface area (Å²) in [6.45, 7) is 1.96. The minimum absolute atomic E-state index is 0.262. The molecule has 1 aromatic rings. The highest BCUT2D eigenvalue weighted by molar-refractivity contribution is 7.86. The average Bonchev–Trinajstić information content (AvgIpc) is 2.49. The lowest BCUT2D eigenvalue weighted by Gasteiger charge is -2.34. The van der Waals surface area contributed by atoms with Gasteiger partial charge in [-0.15, -0.1) is 0 Å². The van der Waals surface area contributed by atoms with Crippen LogP contribution in [0.2, 0.25) is 5.02 Å². The Hall–Kier alpha value is -0.660. The fourth-order valence-corrected chi connectivity index (χ4v) is 4.15. The highest BCUT2D eigenvalue weighted by Crippen LogP contribution is 2.21. The number of hydrogen-bond donors (Lipinski definition) is 1. The van der Waals surface area contributed by atoms with E-state index in [2.05, 4.69) is 0 Å². The van der Waals surface area contributed by atoms with Crippen LogP contribution in [-0.2, 0) is 16.8 Å². The van der Waals surface area contributed by atoms with Crippen LogP contribution in [0.15, 0.2) is 24.3 Å². The zero-order valence-corrected chi connectivity index (χ0v) is 13.8. The van der Waals surface area contributed by atoms with E-state index in [-0.39, 0.29) is 5.92 Å². The maximum Gasteiger partial charge on any atom is 0.282 e. The highest BCUT2D eigenvalue weighted by Gasteiger charge is 2.31. The van der Waals surface area contributed by atoms with E-state index in [4.69, 9.17) is 17.3 Å². The van der Waals surface area contributed by atoms with Crippen molar-refractivity contribution in [2.24, 2.45) is 11.7 Å². The van der Waals surface area contributed by atoms with Gasteiger partial charge >= 0.3 is 0 Å². The first-order valence-electron chi connectivity index (χ1n) is 7.09. The van der Waals surface area contributed by atoms with E-state index in [0.717, 1.165) is 18.4 Å². The van der Waals surface area contributed by atoms with Crippen molar-refractivity contribution in [1.82, 2.24) is 8.61 Å². The number of halogens is 1. The first-order valence-corrected chi connectivity index (χ1v) is 8.87. The molecule has 0 radical (unpaired) electrons. The summed E-state index contributed by atoms with van der Waals surface area (Å²) in [5.74, 6) is 0.262. The maximum absolute atomic E-state index is 12.6. The second-order valence-electron chi connectivity index (χ2n) is 5.49. The van der Waals surface area contributed by atoms with Gasteiger partial charge in [0.1, 0.15) is 0 Å². The third-order valence-corrected chi connectivity index (χ3v) is 6.01. The number of rotatable bonds is 5. The van der Waals surface area contributed by atoms with Crippen molar-refractivity contribution >= 4 is 21.8 Å². The Labute approximate surface area is 131 Å². The number of benzene rings is 1. The fourth-order valence-electron chi connectivity index (χ4n) is 2.55. The molecule has 21 heavy (non-hydrogen) atoms. The van der Waals surface area contributed by atoms with Gasteiger partial charge in [-0.1, -0.05) is 23.7 Å². The predicted molar refractivity (Wildman–Crippen MR) is 85.2 cm³/mol. The maximum atomic E-state index is 12.6. The Morgan fingerprint density at radius 1 is 1.38 bits per heavy atom. The molecule has 1 aliphatic heterocycles. The van der Waals surface area contributed by atoms with Crippen LogP contribution in [0, 0.1) is 5.92 Å². The van der Waals surface area contributed by atoms with Crippen LogP contribution in [0.1, 0.15) is 18.4 Å². The zero-order chi connectivity index (χ0) is 15.5. The molecule has 2 N–H and O–H groups in total. The molecule has 1 aliphatic rings. The highest BCUT2D eigenvalue weighted by atomic mass is 35.5. The fraction of sp³-hybridized carbons (Fsp3) is 0.571. The molecule has 1 saturated heterocycles. The molecule has 1 fully saturated rings. The van der Waals surface area contributed by atoms with Gasteiger partial charge in [0.05, 0.1) is 0 Å². The minimum Gasteiger partial charge on any atom is -0.330 e. The largest absolute Gasteiger partial charge is 0.330 e. The summed E-state index contributed by atoms with van der Waals surface area (Å²) in [6.07, 6.45) is 1.87. The predicted octanol–water partition coefficient (Wildman–Crippen LogP) is 1.69. The first-order chi connectivity index (χ1) is 9.93. The van der Waals surface area contributed by atoms with E-state index in [1.807, 2.05) is 12.1 Å². The van der Waals surface area contributed by atoms with E-state index in [1.165, 1.54) is 4.31 Å². The molecular formula is C14H22ClN3O2S. The number of nitrogens with zero attached hydrogens (tertiary/aromatic N) is 2. The molecule has 2 rings (SSSR count). The van der Waals surface area contributed by atoms with Crippen LogP contribution in [0.5, 0.6) is 0 Å². The monoisotopic (exact) mass is 331 g/mol. The van der Waals surface area contributed by atoms with Crippen molar-refractivity contribution in [3.63, 3.8) is 0 Å². The summed E-state index contributed by atoms with van der Waals surface area (Å²) in [5.41, 5.74) is 6.59. The van der Waals surface area contributed by atoms with Crippen molar-refractivity contribution < 1.29 is 8.42 Å². The van der Waals surface area contributed by atoms with Crippen LogP contribution in [-0.4, -0.2) is 43.7 Å². The second kappa shape index (κ2) is 7.07. The van der Waals surface area contributed by atoms with E-state index in [1.54, 1.807) is 23.5 Å². The van der Waals surface area contributed by atoms with Gasteiger partial charge in [0.2, 0.25) is 0 Å². The number of piperidine rings is 1. The van der Waals surface area contributed by atoms with Gasteiger partial charge < -0.3 is 5.73 Å². The summed E-state index contributed by atoms with van der Waals surface area (Å²) >= 11 is 5.84. The molecule has 0 spiro atoms. The molecule has 118 valence electrons. The standard InChI is InChI=1S/C14H22ClN3O2S/c1-17(10-12-4-6-14(15)7-5-12)21(19,20)18-8-2-3-13(9-16)11-18/h4-7,13H,2-3,8-11,16H2,1H3. The molecule has 0 bridgehead atoms. The molecule has 5 nitrogen and oxygen atoms in total. The Balaban J connectivity index is 2.05. The molecule has 0 aliphatic carbocycles. The summed E-state index contributed by atoms with van der Waals surface area (Å²) in [6, 6.07) is 7.21. The Morgan fingerprint density at radius 3 is 2.67 bits per heavy atom. The molecule has 1 heterocycles. The number of nitrogens with two attached hydrogens (primary N) is 1. The van der Waals surface area contributed by atoms with Crippen molar-refractivity contribution in [3.05, 3.63) is 34.9 Å². The van der Waals surface area contributed by atoms with Crippen LogP contribution >= 0.6 is 11.6 Å². The van der Waals surface area contributed by atoms with E-state index in [0.29, 0.717) is 31.2 Å². The first kappa shape index (κ1) is 16.7. The molecule has 0 saturated carbocycles. The zero-order valence-electron chi connectivity index (χ0n) is 12.2. The van der Waals surface area contributed by atoms with Gasteiger partial charge in [-0.25, -0.2) is 0 Å². The molecule has 1 unspecified atom stereocenters. The third-order valence-electron chi connectivity index (χ3n) is 3.85. The van der Waals surface area contributed by atoms with E-state index < -0.39 is 10.2 Å². The third kappa shape index (κ3) is 4.17. The topological polar surface area (TPSA) is 66.6 Å². The average molecular weight is 332 g/mol. The van der Waals surface area contributed by atoms with Gasteiger partial charge in [-0.2, -0.15) is 17.0 Å². The van der Waals surface area contributed by atoms with Crippen molar-refractivity contribution in [2.45, 2.75) is 19.4 Å². The van der Waals surface area contributed by atoms with Crippen LogP contribution in [0.3, 0.4) is 0 Å². The Bertz CT molecular complexity index is 562. The van der Waals surface area contributed by atoms with E-state index in [9.17, 15) is 8.42 Å². The molecule has 1 aromatic carbocycles. The lowest BCUT2D eigenvalue weighted by atomic mass is 10.0. The molecule has 0 aromatic heterocycles. The van der Waals surface area contributed by atoms with Crippen molar-refractivity contribution in [2.75, 3.05) is 26.7 Å². The summed E-state index contributed by atoms with van der Waals surface area (Å²) in [7, 11) is -1.83. The van der Waals surface area contributed by atoms with Crippen molar-refractivity contribution in [3.8, 4) is 0 Å². The van der Waals surface area contributed by atoms with Gasteiger partial charge in [0, 0.05) is 31.7 Å². The van der Waals surface area contributed by atoms with Crippen LogP contribution in [0.25, 0.3) is 0 Å². The van der Waals surface area contributed by atoms with Gasteiger partial charge in [0.15, 0.2) is 0 Å². The smallest absolute Gasteiger partial charge is 0.282 e. The Kier molecular flexibility index (Phi) is 5.62. The number of hydrogen-bond acceptors (Lipinski definition) is 3. The molecule has 7 heteroatoms. The minimum atomic E-state index is -3.44. The van der Waals surface area contributed by atoms with Crippen LogP contribution < -0.4 is 5.73 Å². The lowest BCUT2D eigenvalue weighted by Crippen LogP contribution is -2.47. The summed E-state index contributed by atoms with van der Waals surface area (Å²) < 4.78 is 28.1. The van der Waals surface area contributed by atoms with Gasteiger partial charge in [0.25, 0.3) is 10.2 Å². The Morgan fingerprint density at radius 2 is 2.05 bits per heavy atom. The summed E-state index contributed by atoms with van der Waals surface area (Å²) in [4.78, 5) is 0. The quantitative estimate of drug-likeness (QED) is 0.892. The van der Waals surface area contributed by atoms with Gasteiger partial charge in [-0.3, -0.25) is 0 Å². The second-order valence-corrected chi connectivity index (χ2v) is 7.96. The van der Waals surface area contributed by atoms with Gasteiger partial charge in [-0.05, 0) is 43.0 Å². The molecule has 1 atom stereocenters. The van der Waals surface area contributed by atoms with Crippen LogP contribution in [0.4, 0.5) is 0 Å². The van der Waals surface area contributed by atoms with E-state index >= 15 is 0 Å².